The summed E-state index contributed by atoms with van der Waals surface area (Å²) in [7, 11) is 1.52. The summed E-state index contributed by atoms with van der Waals surface area (Å²) in [5.74, 6) is 1.33. The standard InChI is InChI=1S/C25H31N5O5/c1-16-26-12-11-21(28-16)30(23(32)35-25(5,6)7)18-9-10-19(20(13-18)33-8)17-14-27-29(15-17)22(31)34-24(2,3)4/h9-15H,1-8H3. The lowest BCUT2D eigenvalue weighted by Gasteiger charge is -2.27. The Labute approximate surface area is 204 Å². The molecule has 0 N–H and O–H groups in total. The minimum absolute atomic E-state index is 0.360. The molecular weight excluding hydrogens is 450 g/mol. The predicted molar refractivity (Wildman–Crippen MR) is 131 cm³/mol. The minimum atomic E-state index is -0.711. The second kappa shape index (κ2) is 9.73. The molecule has 0 aliphatic carbocycles. The van der Waals surface area contributed by atoms with Gasteiger partial charge in [0.25, 0.3) is 0 Å². The number of aromatic nitrogens is 4. The molecule has 3 rings (SSSR count). The van der Waals surface area contributed by atoms with E-state index in [-0.39, 0.29) is 0 Å². The van der Waals surface area contributed by atoms with Gasteiger partial charge in [-0.05, 0) is 66.7 Å². The smallest absolute Gasteiger partial charge is 0.435 e. The van der Waals surface area contributed by atoms with Crippen molar-refractivity contribution in [3.05, 3.63) is 48.7 Å². The Morgan fingerprint density at radius 3 is 2.29 bits per heavy atom. The molecule has 0 radical (unpaired) electrons. The summed E-state index contributed by atoms with van der Waals surface area (Å²) in [5, 5.41) is 4.12. The lowest BCUT2D eigenvalue weighted by molar-refractivity contribution is 0.0513. The van der Waals surface area contributed by atoms with Crippen molar-refractivity contribution in [1.82, 2.24) is 19.7 Å². The molecule has 0 unspecified atom stereocenters. The highest BCUT2D eigenvalue weighted by molar-refractivity contribution is 5.96. The number of amides is 1. The van der Waals surface area contributed by atoms with Crippen molar-refractivity contribution in [3.63, 3.8) is 0 Å². The molecule has 2 aromatic heterocycles. The molecular formula is C25H31N5O5. The van der Waals surface area contributed by atoms with Crippen LogP contribution in [-0.4, -0.2) is 50.2 Å². The van der Waals surface area contributed by atoms with Crippen LogP contribution in [0.3, 0.4) is 0 Å². The first-order chi connectivity index (χ1) is 16.3. The van der Waals surface area contributed by atoms with Gasteiger partial charge in [-0.15, -0.1) is 0 Å². The van der Waals surface area contributed by atoms with Crippen LogP contribution < -0.4 is 9.64 Å². The van der Waals surface area contributed by atoms with E-state index in [2.05, 4.69) is 15.1 Å². The number of anilines is 2. The van der Waals surface area contributed by atoms with E-state index in [4.69, 9.17) is 14.2 Å². The average molecular weight is 482 g/mol. The van der Waals surface area contributed by atoms with Crippen molar-refractivity contribution >= 4 is 23.7 Å². The van der Waals surface area contributed by atoms with Gasteiger partial charge in [-0.1, -0.05) is 0 Å². The van der Waals surface area contributed by atoms with Crippen molar-refractivity contribution in [2.24, 2.45) is 0 Å². The average Bonchev–Trinajstić information content (AvgIpc) is 3.21. The molecule has 186 valence electrons. The van der Waals surface area contributed by atoms with Crippen LogP contribution >= 0.6 is 0 Å². The maximum Gasteiger partial charge on any atom is 0.435 e. The van der Waals surface area contributed by atoms with Crippen LogP contribution in [-0.2, 0) is 9.47 Å². The fourth-order valence-corrected chi connectivity index (χ4v) is 3.13. The Bertz CT molecular complexity index is 1220. The van der Waals surface area contributed by atoms with E-state index < -0.39 is 23.4 Å². The number of ether oxygens (including phenoxy) is 3. The zero-order valence-corrected chi connectivity index (χ0v) is 21.3. The first-order valence-electron chi connectivity index (χ1n) is 11.1. The van der Waals surface area contributed by atoms with E-state index in [1.807, 2.05) is 0 Å². The molecule has 1 aromatic carbocycles. The quantitative estimate of drug-likeness (QED) is 0.480. The van der Waals surface area contributed by atoms with Gasteiger partial charge in [0, 0.05) is 29.6 Å². The molecule has 0 aliphatic rings. The number of carbonyl (C=O) groups excluding carboxylic acids is 2. The highest BCUT2D eigenvalue weighted by Crippen LogP contribution is 2.36. The van der Waals surface area contributed by atoms with E-state index in [1.54, 1.807) is 91.3 Å². The van der Waals surface area contributed by atoms with Crippen LogP contribution in [0.25, 0.3) is 11.1 Å². The van der Waals surface area contributed by atoms with Crippen molar-refractivity contribution in [1.29, 1.82) is 0 Å². The summed E-state index contributed by atoms with van der Waals surface area (Å²) in [6, 6.07) is 6.84. The maximum absolute atomic E-state index is 13.2. The lowest BCUT2D eigenvalue weighted by Crippen LogP contribution is -2.34. The summed E-state index contributed by atoms with van der Waals surface area (Å²) in [4.78, 5) is 35.4. The van der Waals surface area contributed by atoms with E-state index in [1.165, 1.54) is 12.0 Å². The third kappa shape index (κ3) is 6.56. The second-order valence-corrected chi connectivity index (χ2v) is 9.82. The number of rotatable bonds is 4. The SMILES string of the molecule is COc1cc(N(C(=O)OC(C)(C)C)c2ccnc(C)n2)ccc1-c1cnn(C(=O)OC(C)(C)C)c1. The zero-order valence-electron chi connectivity index (χ0n) is 21.3. The summed E-state index contributed by atoms with van der Waals surface area (Å²) in [5.41, 5.74) is 0.442. The van der Waals surface area contributed by atoms with Gasteiger partial charge in [0.15, 0.2) is 0 Å². The molecule has 2 heterocycles. The number of nitrogens with zero attached hydrogens (tertiary/aromatic N) is 5. The molecule has 1 amide bonds. The highest BCUT2D eigenvalue weighted by Gasteiger charge is 2.27. The fraction of sp³-hybridized carbons (Fsp3) is 0.400. The third-order valence-corrected chi connectivity index (χ3v) is 4.48. The molecule has 0 saturated carbocycles. The van der Waals surface area contributed by atoms with Crippen molar-refractivity contribution in [2.45, 2.75) is 59.7 Å². The molecule has 10 heteroatoms. The normalized spacial score (nSPS) is 11.7. The summed E-state index contributed by atoms with van der Waals surface area (Å²) in [6.07, 6.45) is 3.50. The minimum Gasteiger partial charge on any atom is -0.496 e. The maximum atomic E-state index is 13.2. The number of hydrogen-bond acceptors (Lipinski definition) is 8. The van der Waals surface area contributed by atoms with E-state index in [0.29, 0.717) is 34.2 Å². The number of aryl methyl sites for hydroxylation is 1. The Morgan fingerprint density at radius 2 is 1.69 bits per heavy atom. The van der Waals surface area contributed by atoms with Crippen LogP contribution in [0.15, 0.2) is 42.9 Å². The van der Waals surface area contributed by atoms with Gasteiger partial charge in [-0.3, -0.25) is 0 Å². The Balaban J connectivity index is 2.01. The van der Waals surface area contributed by atoms with Gasteiger partial charge in [-0.25, -0.2) is 24.5 Å². The summed E-state index contributed by atoms with van der Waals surface area (Å²) >= 11 is 0. The van der Waals surface area contributed by atoms with Crippen molar-refractivity contribution in [3.8, 4) is 16.9 Å². The number of hydrogen-bond donors (Lipinski definition) is 0. The van der Waals surface area contributed by atoms with E-state index in [9.17, 15) is 9.59 Å². The van der Waals surface area contributed by atoms with E-state index >= 15 is 0 Å². The van der Waals surface area contributed by atoms with E-state index in [0.717, 1.165) is 4.68 Å². The lowest BCUT2D eigenvalue weighted by atomic mass is 10.1. The van der Waals surface area contributed by atoms with Crippen molar-refractivity contribution in [2.75, 3.05) is 12.0 Å². The Morgan fingerprint density at radius 1 is 1.00 bits per heavy atom. The highest BCUT2D eigenvalue weighted by atomic mass is 16.6. The van der Waals surface area contributed by atoms with Gasteiger partial charge in [0.2, 0.25) is 0 Å². The van der Waals surface area contributed by atoms with Gasteiger partial charge < -0.3 is 14.2 Å². The van der Waals surface area contributed by atoms with Crippen LogP contribution in [0.2, 0.25) is 0 Å². The van der Waals surface area contributed by atoms with Gasteiger partial charge in [-0.2, -0.15) is 9.78 Å². The first kappa shape index (κ1) is 25.7. The van der Waals surface area contributed by atoms with Gasteiger partial charge in [0.1, 0.15) is 28.6 Å². The second-order valence-electron chi connectivity index (χ2n) is 9.82. The fourth-order valence-electron chi connectivity index (χ4n) is 3.13. The molecule has 3 aromatic rings. The molecule has 35 heavy (non-hydrogen) atoms. The molecule has 0 bridgehead atoms. The Kier molecular flexibility index (Phi) is 7.14. The summed E-state index contributed by atoms with van der Waals surface area (Å²) < 4.78 is 17.7. The monoisotopic (exact) mass is 481 g/mol. The zero-order chi connectivity index (χ0) is 26.0. The molecule has 10 nitrogen and oxygen atoms in total. The predicted octanol–water partition coefficient (Wildman–Crippen LogP) is 5.51. The van der Waals surface area contributed by atoms with Crippen LogP contribution in [0.4, 0.5) is 21.1 Å². The largest absolute Gasteiger partial charge is 0.496 e. The van der Waals surface area contributed by atoms with Crippen LogP contribution in [0.5, 0.6) is 5.75 Å². The molecule has 0 saturated heterocycles. The van der Waals surface area contributed by atoms with Crippen molar-refractivity contribution < 1.29 is 23.8 Å². The molecule has 0 aliphatic heterocycles. The third-order valence-electron chi connectivity index (χ3n) is 4.48. The molecule has 0 atom stereocenters. The number of methoxy groups -OCH3 is 1. The van der Waals surface area contributed by atoms with Gasteiger partial charge in [0.05, 0.1) is 19.0 Å². The topological polar surface area (TPSA) is 109 Å². The first-order valence-corrected chi connectivity index (χ1v) is 11.1. The molecule has 0 spiro atoms. The number of benzene rings is 1. The van der Waals surface area contributed by atoms with Gasteiger partial charge >= 0.3 is 12.2 Å². The Hall–Kier alpha value is -3.95. The molecule has 0 fully saturated rings. The summed E-state index contributed by atoms with van der Waals surface area (Å²) in [6.45, 7) is 12.5. The van der Waals surface area contributed by atoms with Crippen LogP contribution in [0, 0.1) is 6.92 Å². The number of carbonyl (C=O) groups is 2. The van der Waals surface area contributed by atoms with Crippen LogP contribution in [0.1, 0.15) is 47.4 Å².